The number of nitrogens with zero attached hydrogens (tertiary/aromatic N) is 2. The van der Waals surface area contributed by atoms with Crippen LogP contribution in [0.3, 0.4) is 0 Å². The molecule has 2 heterocycles. The average Bonchev–Trinajstić information content (AvgIpc) is 2.44. The van der Waals surface area contributed by atoms with Crippen molar-refractivity contribution in [3.05, 3.63) is 57.4 Å². The molecule has 0 bridgehead atoms. The molecule has 102 valence electrons. The van der Waals surface area contributed by atoms with Crippen molar-refractivity contribution in [1.82, 2.24) is 10.1 Å². The summed E-state index contributed by atoms with van der Waals surface area (Å²) < 4.78 is 14.2. The molecule has 1 aromatic carbocycles. The third kappa shape index (κ3) is 2.64. The van der Waals surface area contributed by atoms with Gasteiger partial charge < -0.3 is 5.32 Å². The number of anilines is 2. The van der Waals surface area contributed by atoms with E-state index in [1.807, 2.05) is 24.3 Å². The van der Waals surface area contributed by atoms with E-state index >= 15 is 0 Å². The van der Waals surface area contributed by atoms with Gasteiger partial charge in [0.1, 0.15) is 0 Å². The van der Waals surface area contributed by atoms with Gasteiger partial charge >= 0.3 is 0 Å². The molecule has 0 spiro atoms. The fraction of sp³-hybridized carbons (Fsp3) is 0.0714. The fourth-order valence-electron chi connectivity index (χ4n) is 2.02. The van der Waals surface area contributed by atoms with Gasteiger partial charge in [0.2, 0.25) is 0 Å². The number of nitrogens with one attached hydrogen (secondary N) is 1. The molecule has 1 N–H and O–H groups in total. The van der Waals surface area contributed by atoms with E-state index in [0.29, 0.717) is 10.1 Å². The van der Waals surface area contributed by atoms with Gasteiger partial charge in [-0.25, -0.2) is 5.12 Å². The normalized spacial score (nSPS) is 13.2. The van der Waals surface area contributed by atoms with Gasteiger partial charge in [0.25, 0.3) is 0 Å². The van der Waals surface area contributed by atoms with Gasteiger partial charge in [-0.05, 0) is 46.3 Å². The van der Waals surface area contributed by atoms with Crippen LogP contribution >= 0.6 is 27.5 Å². The number of benzene rings is 1. The molecule has 0 fully saturated rings. The van der Waals surface area contributed by atoms with Crippen molar-refractivity contribution in [3.63, 3.8) is 0 Å². The molecule has 0 aliphatic carbocycles. The molecular weight excluding hydrogens is 345 g/mol. The lowest BCUT2D eigenvalue weighted by Gasteiger charge is -2.20. The third-order valence-electron chi connectivity index (χ3n) is 2.99. The van der Waals surface area contributed by atoms with E-state index in [0.717, 1.165) is 27.1 Å². The second-order valence-electron chi connectivity index (χ2n) is 4.35. The second-order valence-corrected chi connectivity index (χ2v) is 5.61. The lowest BCUT2D eigenvalue weighted by atomic mass is 10.1. The summed E-state index contributed by atoms with van der Waals surface area (Å²) in [5.41, 5.74) is 3.25. The Bertz CT molecular complexity index is 690. The van der Waals surface area contributed by atoms with Crippen LogP contribution in [0.25, 0.3) is 6.08 Å². The minimum atomic E-state index is 0.173. The topological polar surface area (TPSA) is 28.2 Å². The fourth-order valence-corrected chi connectivity index (χ4v) is 2.45. The SMILES string of the molecule is FN1C=Cc2nccc(Nc3ccc(Br)c(Cl)c3)c2C1. The first-order valence-electron chi connectivity index (χ1n) is 5.94. The number of halogens is 3. The first-order valence-corrected chi connectivity index (χ1v) is 7.11. The molecule has 0 unspecified atom stereocenters. The van der Waals surface area contributed by atoms with Crippen LogP contribution in [-0.2, 0) is 6.54 Å². The van der Waals surface area contributed by atoms with Gasteiger partial charge in [0.15, 0.2) is 0 Å². The van der Waals surface area contributed by atoms with E-state index in [1.165, 1.54) is 6.20 Å². The van der Waals surface area contributed by atoms with Crippen molar-refractivity contribution in [1.29, 1.82) is 0 Å². The molecule has 1 aromatic heterocycles. The zero-order chi connectivity index (χ0) is 14.1. The Balaban J connectivity index is 1.95. The maximum atomic E-state index is 13.4. The van der Waals surface area contributed by atoms with Crippen LogP contribution in [0.1, 0.15) is 11.3 Å². The van der Waals surface area contributed by atoms with Crippen LogP contribution < -0.4 is 5.32 Å². The maximum absolute atomic E-state index is 13.4. The summed E-state index contributed by atoms with van der Waals surface area (Å²) in [4.78, 5) is 4.23. The van der Waals surface area contributed by atoms with Crippen LogP contribution in [0.5, 0.6) is 0 Å². The Morgan fingerprint density at radius 1 is 1.35 bits per heavy atom. The van der Waals surface area contributed by atoms with Crippen molar-refractivity contribution < 1.29 is 4.48 Å². The molecule has 6 heteroatoms. The van der Waals surface area contributed by atoms with E-state index < -0.39 is 0 Å². The zero-order valence-electron chi connectivity index (χ0n) is 10.3. The van der Waals surface area contributed by atoms with Gasteiger partial charge in [0.05, 0.1) is 17.3 Å². The predicted molar refractivity (Wildman–Crippen MR) is 82.4 cm³/mol. The Morgan fingerprint density at radius 3 is 3.00 bits per heavy atom. The monoisotopic (exact) mass is 353 g/mol. The van der Waals surface area contributed by atoms with Crippen molar-refractivity contribution in [2.45, 2.75) is 6.54 Å². The van der Waals surface area contributed by atoms with Crippen LogP contribution in [0.15, 0.2) is 41.1 Å². The highest BCUT2D eigenvalue weighted by Gasteiger charge is 2.15. The maximum Gasteiger partial charge on any atom is 0.0790 e. The smallest absolute Gasteiger partial charge is 0.0790 e. The van der Waals surface area contributed by atoms with Gasteiger partial charge in [-0.1, -0.05) is 11.6 Å². The molecule has 0 radical (unpaired) electrons. The van der Waals surface area contributed by atoms with Gasteiger partial charge in [0, 0.05) is 33.8 Å². The van der Waals surface area contributed by atoms with E-state index in [2.05, 4.69) is 26.2 Å². The molecule has 2 aromatic rings. The Labute approximate surface area is 129 Å². The summed E-state index contributed by atoms with van der Waals surface area (Å²) in [7, 11) is 0. The summed E-state index contributed by atoms with van der Waals surface area (Å²) in [6.07, 6.45) is 4.72. The molecular formula is C14H10BrClFN3. The molecule has 3 rings (SSSR count). The summed E-state index contributed by atoms with van der Waals surface area (Å²) in [6.45, 7) is 0.173. The van der Waals surface area contributed by atoms with E-state index in [4.69, 9.17) is 11.6 Å². The molecule has 0 atom stereocenters. The van der Waals surface area contributed by atoms with Gasteiger partial charge in [-0.3, -0.25) is 4.98 Å². The minimum Gasteiger partial charge on any atom is -0.355 e. The van der Waals surface area contributed by atoms with Crippen LogP contribution in [-0.4, -0.2) is 10.1 Å². The highest BCUT2D eigenvalue weighted by molar-refractivity contribution is 9.10. The molecule has 0 saturated carbocycles. The first-order chi connectivity index (χ1) is 9.63. The van der Waals surface area contributed by atoms with E-state index in [9.17, 15) is 4.48 Å². The van der Waals surface area contributed by atoms with Crippen molar-refractivity contribution in [3.8, 4) is 0 Å². The molecule has 0 amide bonds. The third-order valence-corrected chi connectivity index (χ3v) is 4.22. The van der Waals surface area contributed by atoms with Crippen LogP contribution in [0, 0.1) is 0 Å². The summed E-state index contributed by atoms with van der Waals surface area (Å²) in [5.74, 6) is 0. The zero-order valence-corrected chi connectivity index (χ0v) is 12.6. The van der Waals surface area contributed by atoms with Gasteiger partial charge in [-0.2, -0.15) is 0 Å². The summed E-state index contributed by atoms with van der Waals surface area (Å²) >= 11 is 9.42. The molecule has 0 saturated heterocycles. The van der Waals surface area contributed by atoms with E-state index in [1.54, 1.807) is 12.3 Å². The number of rotatable bonds is 2. The average molecular weight is 355 g/mol. The van der Waals surface area contributed by atoms with Crippen molar-refractivity contribution >= 4 is 45.0 Å². The number of fused-ring (bicyclic) bond motifs is 1. The standard InChI is InChI=1S/C14H10BrClFN3/c15-11-2-1-9(7-12(11)16)19-14-3-5-18-13-4-6-20(17)8-10(13)14/h1-7H,8H2,(H,18,19). The second kappa shape index (κ2) is 5.42. The summed E-state index contributed by atoms with van der Waals surface area (Å²) in [5, 5.41) is 4.49. The highest BCUT2D eigenvalue weighted by Crippen LogP contribution is 2.30. The summed E-state index contributed by atoms with van der Waals surface area (Å²) in [6, 6.07) is 7.39. The highest BCUT2D eigenvalue weighted by atomic mass is 79.9. The Hall–Kier alpha value is -1.59. The number of hydrogen-bond acceptors (Lipinski definition) is 3. The molecule has 20 heavy (non-hydrogen) atoms. The van der Waals surface area contributed by atoms with Crippen LogP contribution in [0.4, 0.5) is 15.9 Å². The quantitative estimate of drug-likeness (QED) is 0.777. The molecule has 1 aliphatic rings. The number of aromatic nitrogens is 1. The Morgan fingerprint density at radius 2 is 2.20 bits per heavy atom. The van der Waals surface area contributed by atoms with Crippen LogP contribution in [0.2, 0.25) is 5.02 Å². The minimum absolute atomic E-state index is 0.173. The largest absolute Gasteiger partial charge is 0.355 e. The lowest BCUT2D eigenvalue weighted by molar-refractivity contribution is 0.0793. The number of pyridine rings is 1. The van der Waals surface area contributed by atoms with Crippen molar-refractivity contribution in [2.24, 2.45) is 0 Å². The van der Waals surface area contributed by atoms with Gasteiger partial charge in [-0.15, -0.1) is 4.48 Å². The first kappa shape index (κ1) is 13.4. The number of hydrogen-bond donors (Lipinski definition) is 1. The predicted octanol–water partition coefficient (Wildman–Crippen LogP) is 4.91. The molecule has 3 nitrogen and oxygen atoms in total. The Kier molecular flexibility index (Phi) is 3.63. The van der Waals surface area contributed by atoms with E-state index in [-0.39, 0.29) is 6.54 Å². The lowest BCUT2D eigenvalue weighted by Crippen LogP contribution is -2.13. The van der Waals surface area contributed by atoms with Crippen molar-refractivity contribution in [2.75, 3.05) is 5.32 Å². The molecule has 1 aliphatic heterocycles.